The predicted octanol–water partition coefficient (Wildman–Crippen LogP) is 7.06. The normalized spacial score (nSPS) is 13.2. The largest absolute Gasteiger partial charge is 0.445 e. The van der Waals surface area contributed by atoms with Crippen molar-refractivity contribution in [2.75, 3.05) is 31.5 Å². The van der Waals surface area contributed by atoms with Crippen LogP contribution in [-0.4, -0.2) is 105 Å². The van der Waals surface area contributed by atoms with Gasteiger partial charge in [-0.25, -0.2) is 14.6 Å². The maximum Gasteiger partial charge on any atom is 0.407 e. The van der Waals surface area contributed by atoms with Crippen LogP contribution in [0, 0.1) is 18.8 Å². The Kier molecular flexibility index (Phi) is 22.5. The second kappa shape index (κ2) is 29.5. The summed E-state index contributed by atoms with van der Waals surface area (Å²) in [6.45, 7) is 10.2. The number of carbonyl (C=O) groups excluding carboxylic acids is 8. The zero-order chi connectivity index (χ0) is 57.9. The molecule has 9 amide bonds. The lowest BCUT2D eigenvalue weighted by Crippen LogP contribution is -2.54. The number of ether oxygens (including phenoxy) is 1. The molecule has 7 N–H and O–H groups in total. The third kappa shape index (κ3) is 17.6. The van der Waals surface area contributed by atoms with Gasteiger partial charge in [0.2, 0.25) is 17.7 Å². The summed E-state index contributed by atoms with van der Waals surface area (Å²) in [5.74, 6) is -2.68. The maximum absolute atomic E-state index is 14.6. The fraction of sp³-hybridized carbons (Fsp3) is 0.390. The minimum atomic E-state index is -1.08. The third-order valence-electron chi connectivity index (χ3n) is 13.4. The van der Waals surface area contributed by atoms with E-state index in [1.807, 2.05) is 63.2 Å². The van der Waals surface area contributed by atoms with Crippen molar-refractivity contribution >= 4 is 75.8 Å². The second-order valence-electron chi connectivity index (χ2n) is 20.4. The van der Waals surface area contributed by atoms with Crippen molar-refractivity contribution in [3.63, 3.8) is 0 Å². The first-order valence-corrected chi connectivity index (χ1v) is 27.3. The van der Waals surface area contributed by atoms with Gasteiger partial charge in [0, 0.05) is 61.0 Å². The first-order valence-electron chi connectivity index (χ1n) is 26.9. The molecular weight excluding hydrogens is 1040 g/mol. The van der Waals surface area contributed by atoms with Gasteiger partial charge in [0.25, 0.3) is 23.3 Å². The van der Waals surface area contributed by atoms with Crippen LogP contribution in [0.1, 0.15) is 112 Å². The third-order valence-corrected chi connectivity index (χ3v) is 13.6. The number of anilines is 1. The van der Waals surface area contributed by atoms with E-state index in [1.165, 1.54) is 12.2 Å². The van der Waals surface area contributed by atoms with Crippen molar-refractivity contribution in [1.29, 1.82) is 0 Å². The van der Waals surface area contributed by atoms with Gasteiger partial charge in [-0.1, -0.05) is 106 Å². The lowest BCUT2D eigenvalue weighted by molar-refractivity contribution is -0.137. The molecule has 0 spiro atoms. The average Bonchev–Trinajstić information content (AvgIpc) is 3.83. The molecule has 2 heterocycles. The van der Waals surface area contributed by atoms with Crippen LogP contribution in [-0.2, 0) is 41.9 Å². The van der Waals surface area contributed by atoms with Gasteiger partial charge in [-0.15, -0.1) is 0 Å². The molecule has 1 aliphatic rings. The molecule has 0 radical (unpaired) electrons. The number of carbonyl (C=O) groups is 8. The molecule has 6 rings (SSSR count). The minimum absolute atomic E-state index is 0.105. The molecule has 3 unspecified atom stereocenters. The summed E-state index contributed by atoms with van der Waals surface area (Å²) in [5, 5.41) is 14.4. The molecule has 21 heteroatoms. The number of imide groups is 1. The number of aryl methyl sites for hydroxylation is 1. The van der Waals surface area contributed by atoms with Gasteiger partial charge < -0.3 is 42.0 Å². The van der Waals surface area contributed by atoms with Gasteiger partial charge in [0.05, 0.1) is 23.5 Å². The summed E-state index contributed by atoms with van der Waals surface area (Å²) in [6.07, 6.45) is 4.11. The number of hydrogen-bond donors (Lipinski definition) is 6. The van der Waals surface area contributed by atoms with E-state index in [0.717, 1.165) is 16.0 Å². The number of unbranched alkanes of at least 4 members (excludes halogenated alkanes) is 2. The highest BCUT2D eigenvalue weighted by atomic mass is 35.5. The van der Waals surface area contributed by atoms with E-state index in [0.29, 0.717) is 64.2 Å². The minimum Gasteiger partial charge on any atom is -0.445 e. The smallest absolute Gasteiger partial charge is 0.407 e. The molecule has 0 saturated carbocycles. The summed E-state index contributed by atoms with van der Waals surface area (Å²) < 4.78 is 7.16. The van der Waals surface area contributed by atoms with Crippen molar-refractivity contribution < 1.29 is 43.1 Å². The zero-order valence-electron chi connectivity index (χ0n) is 45.8. The molecule has 20 nitrogen and oxygen atoms in total. The van der Waals surface area contributed by atoms with E-state index in [1.54, 1.807) is 77.9 Å². The quantitative estimate of drug-likeness (QED) is 0.0218. The Bertz CT molecular complexity index is 3080. The number of hydrogen-bond acceptors (Lipinski definition) is 11. The summed E-state index contributed by atoms with van der Waals surface area (Å²) in [7, 11) is 0. The molecular formula is C59H71ClN10O10. The number of nitrogens with two attached hydrogens (primary N) is 1. The molecule has 80 heavy (non-hydrogen) atoms. The summed E-state index contributed by atoms with van der Waals surface area (Å²) >= 11 is 6.41. The van der Waals surface area contributed by atoms with E-state index in [2.05, 4.69) is 26.6 Å². The van der Waals surface area contributed by atoms with Gasteiger partial charge in [-0.05, 0) is 104 Å². The summed E-state index contributed by atoms with van der Waals surface area (Å²) in [5.41, 5.74) is 8.66. The van der Waals surface area contributed by atoms with Crippen LogP contribution in [0.5, 0.6) is 0 Å². The Balaban J connectivity index is 1.05. The van der Waals surface area contributed by atoms with Crippen LogP contribution in [0.25, 0.3) is 10.9 Å². The van der Waals surface area contributed by atoms with Gasteiger partial charge in [0.1, 0.15) is 24.5 Å². The summed E-state index contributed by atoms with van der Waals surface area (Å²) in [4.78, 5) is 125. The zero-order valence-corrected chi connectivity index (χ0v) is 46.6. The molecule has 3 atom stereocenters. The van der Waals surface area contributed by atoms with Gasteiger partial charge in [-0.3, -0.25) is 43.0 Å². The fourth-order valence-corrected chi connectivity index (χ4v) is 9.31. The number of amides is 9. The predicted molar refractivity (Wildman–Crippen MR) is 304 cm³/mol. The second-order valence-corrected chi connectivity index (χ2v) is 20.8. The number of benzene rings is 4. The first-order chi connectivity index (χ1) is 38.3. The average molecular weight is 1120 g/mol. The molecule has 1 aliphatic heterocycles. The Morgan fingerprint density at radius 2 is 1.43 bits per heavy atom. The topological polar surface area (TPSA) is 273 Å². The standard InChI is InChI=1S/C59H71ClN10O10/c1-37(2)51(67-48(71)17-10-7-11-32-68-49(72)28-29-50(68)73)55(75)66-46(16-12-30-62-58(61)78)54(74)64-44-25-20-41(21-26-44)36-80-59(79)63-31-13-33-69(56(76)42-22-18-39(5)19-23-42)52(38(3)4)53-65-47-34-43(60)24-27-45(47)57(77)70(53)35-40-14-8-6-9-15-40/h6,8-9,14-15,18-29,34,37-38,46,51-52H,7,10-13,16-17,30-33,35-36H2,1-5H3,(H,63,79)(H,64,74)(H,66,75)(H,67,71)(H3,61,62,78). The summed E-state index contributed by atoms with van der Waals surface area (Å²) in [6, 6.07) is 24.8. The Morgan fingerprint density at radius 1 is 0.738 bits per heavy atom. The molecule has 5 aromatic rings. The number of rotatable bonds is 28. The number of nitrogens with zero attached hydrogens (tertiary/aromatic N) is 4. The lowest BCUT2D eigenvalue weighted by atomic mass is 9.98. The van der Waals surface area contributed by atoms with Crippen molar-refractivity contribution in [3.05, 3.63) is 153 Å². The van der Waals surface area contributed by atoms with Gasteiger partial charge >= 0.3 is 12.1 Å². The van der Waals surface area contributed by atoms with E-state index in [-0.39, 0.29) is 99.6 Å². The molecule has 0 saturated heterocycles. The fourth-order valence-electron chi connectivity index (χ4n) is 9.15. The Labute approximate surface area is 470 Å². The van der Waals surface area contributed by atoms with Crippen LogP contribution >= 0.6 is 11.6 Å². The number of halogens is 1. The van der Waals surface area contributed by atoms with Crippen LogP contribution in [0.2, 0.25) is 5.02 Å². The van der Waals surface area contributed by atoms with Crippen molar-refractivity contribution in [3.8, 4) is 0 Å². The Hall–Kier alpha value is -8.39. The van der Waals surface area contributed by atoms with Crippen molar-refractivity contribution in [2.45, 2.75) is 111 Å². The van der Waals surface area contributed by atoms with Crippen LogP contribution in [0.3, 0.4) is 0 Å². The number of aromatic nitrogens is 2. The van der Waals surface area contributed by atoms with E-state index in [9.17, 15) is 43.2 Å². The molecule has 0 bridgehead atoms. The van der Waals surface area contributed by atoms with Gasteiger partial charge in [0.15, 0.2) is 0 Å². The van der Waals surface area contributed by atoms with Gasteiger partial charge in [-0.2, -0.15) is 0 Å². The van der Waals surface area contributed by atoms with Crippen LogP contribution in [0.15, 0.2) is 114 Å². The Morgan fingerprint density at radius 3 is 2.09 bits per heavy atom. The van der Waals surface area contributed by atoms with E-state index in [4.69, 9.17) is 27.1 Å². The number of fused-ring (bicyclic) bond motifs is 1. The molecule has 424 valence electrons. The lowest BCUT2D eigenvalue weighted by Gasteiger charge is -2.35. The SMILES string of the molecule is Cc1ccc(C(=O)N(CCCNC(=O)OCc2ccc(NC(=O)C(CCCNC(N)=O)NC(=O)C(NC(=O)CCCCCN3C(=O)C=CC3=O)C(C)C)cc2)C(c2nc3cc(Cl)ccc3c(=O)n2Cc2ccccc2)C(C)C)cc1. The highest BCUT2D eigenvalue weighted by Crippen LogP contribution is 2.31. The van der Waals surface area contributed by atoms with Crippen molar-refractivity contribution in [1.82, 2.24) is 40.6 Å². The molecule has 0 aliphatic carbocycles. The molecule has 0 fully saturated rings. The number of urea groups is 1. The molecule has 1 aromatic heterocycles. The number of nitrogens with one attached hydrogen (secondary N) is 5. The number of alkyl carbamates (subject to hydrolysis) is 1. The highest BCUT2D eigenvalue weighted by molar-refractivity contribution is 6.31. The van der Waals surface area contributed by atoms with Crippen LogP contribution < -0.4 is 37.9 Å². The maximum atomic E-state index is 14.6. The highest BCUT2D eigenvalue weighted by Gasteiger charge is 2.34. The van der Waals surface area contributed by atoms with E-state index < -0.39 is 42.1 Å². The van der Waals surface area contributed by atoms with E-state index >= 15 is 0 Å². The monoisotopic (exact) mass is 1110 g/mol. The van der Waals surface area contributed by atoms with Crippen LogP contribution in [0.4, 0.5) is 15.3 Å². The first kappa shape index (κ1) is 60.8. The van der Waals surface area contributed by atoms with Crippen molar-refractivity contribution in [2.24, 2.45) is 17.6 Å². The number of primary amides is 1. The molecule has 4 aromatic carbocycles.